The molecule has 0 amide bonds. The Kier molecular flexibility index (Phi) is 4.74. The fourth-order valence-corrected chi connectivity index (χ4v) is 0.269. The second-order valence-electron chi connectivity index (χ2n) is 1.20. The molecule has 0 saturated heterocycles. The molecule has 0 aliphatic carbocycles. The molecule has 1 N–H and O–H groups in total. The van der Waals surface area contributed by atoms with E-state index in [-0.39, 0.29) is 0 Å². The molecule has 0 unspecified atom stereocenters. The van der Waals surface area contributed by atoms with Gasteiger partial charge in [0.2, 0.25) is 0 Å². The van der Waals surface area contributed by atoms with Crippen molar-refractivity contribution in [3.05, 3.63) is 24.9 Å². The van der Waals surface area contributed by atoms with Crippen LogP contribution in [0, 0.1) is 0 Å². The van der Waals surface area contributed by atoms with Gasteiger partial charge in [0.1, 0.15) is 0 Å². The third-order valence-corrected chi connectivity index (χ3v) is 0.547. The summed E-state index contributed by atoms with van der Waals surface area (Å²) in [5.41, 5.74) is 0. The number of allylic oxidation sites excluding steroid dienone is 1. The molecule has 0 radical (unpaired) electrons. The summed E-state index contributed by atoms with van der Waals surface area (Å²) in [5.74, 6) is 0. The lowest BCUT2D eigenvalue weighted by atomic mass is 10.6. The van der Waals surface area contributed by atoms with Gasteiger partial charge in [-0.15, -0.1) is 6.58 Å². The highest BCUT2D eigenvalue weighted by molar-refractivity contribution is 4.79. The minimum Gasteiger partial charge on any atom is -0.388 e. The van der Waals surface area contributed by atoms with Crippen LogP contribution in [0.1, 0.15) is 6.92 Å². The third-order valence-electron chi connectivity index (χ3n) is 0.547. The third kappa shape index (κ3) is 5.28. The van der Waals surface area contributed by atoms with Gasteiger partial charge in [0, 0.05) is 6.54 Å². The first-order chi connectivity index (χ1) is 3.41. The Morgan fingerprint density at radius 1 is 1.71 bits per heavy atom. The standard InChI is InChI=1S/C6H11N/c1-3-5-7-6-4-2/h3-4,6-7H,1,5H2,2H3/b6-4-. The molecule has 0 spiro atoms. The van der Waals surface area contributed by atoms with E-state index in [1.807, 2.05) is 25.3 Å². The van der Waals surface area contributed by atoms with Crippen molar-refractivity contribution in [3.63, 3.8) is 0 Å². The van der Waals surface area contributed by atoms with Crippen molar-refractivity contribution in [1.29, 1.82) is 0 Å². The van der Waals surface area contributed by atoms with Gasteiger partial charge in [-0.05, 0) is 13.1 Å². The Labute approximate surface area is 44.7 Å². The Bertz CT molecular complexity index is 64.6. The molecule has 1 heteroatoms. The monoisotopic (exact) mass is 97.1 g/mol. The molecule has 0 bridgehead atoms. The highest BCUT2D eigenvalue weighted by Crippen LogP contribution is 1.62. The zero-order chi connectivity index (χ0) is 5.54. The summed E-state index contributed by atoms with van der Waals surface area (Å²) < 4.78 is 0. The Hall–Kier alpha value is -0.720. The van der Waals surface area contributed by atoms with Crippen LogP contribution >= 0.6 is 0 Å². The Morgan fingerprint density at radius 2 is 2.43 bits per heavy atom. The van der Waals surface area contributed by atoms with Crippen molar-refractivity contribution in [1.82, 2.24) is 5.32 Å². The maximum atomic E-state index is 3.54. The molecule has 0 aliphatic heterocycles. The molecule has 1 nitrogen and oxygen atoms in total. The maximum Gasteiger partial charge on any atom is 0.0322 e. The van der Waals surface area contributed by atoms with Crippen molar-refractivity contribution in [2.45, 2.75) is 6.92 Å². The SMILES string of the molecule is C=CCN/C=C\C. The topological polar surface area (TPSA) is 12.0 Å². The number of hydrogen-bond donors (Lipinski definition) is 1. The van der Waals surface area contributed by atoms with E-state index in [0.29, 0.717) is 0 Å². The van der Waals surface area contributed by atoms with E-state index >= 15 is 0 Å². The van der Waals surface area contributed by atoms with Crippen LogP contribution in [0.5, 0.6) is 0 Å². The first-order valence-corrected chi connectivity index (χ1v) is 2.37. The van der Waals surface area contributed by atoms with Crippen molar-refractivity contribution in [2.75, 3.05) is 6.54 Å². The average Bonchev–Trinajstić information content (AvgIpc) is 1.69. The largest absolute Gasteiger partial charge is 0.388 e. The molecular formula is C6H11N. The normalized spacial score (nSPS) is 9.29. The number of nitrogens with one attached hydrogen (secondary N) is 1. The highest BCUT2D eigenvalue weighted by Gasteiger charge is 1.62. The summed E-state index contributed by atoms with van der Waals surface area (Å²) in [5, 5.41) is 2.99. The van der Waals surface area contributed by atoms with E-state index in [4.69, 9.17) is 0 Å². The van der Waals surface area contributed by atoms with Crippen LogP contribution in [0.4, 0.5) is 0 Å². The zero-order valence-electron chi connectivity index (χ0n) is 4.65. The molecule has 0 atom stereocenters. The van der Waals surface area contributed by atoms with Crippen LogP contribution in [-0.4, -0.2) is 6.54 Å². The van der Waals surface area contributed by atoms with Gasteiger partial charge >= 0.3 is 0 Å². The first kappa shape index (κ1) is 6.28. The molecule has 0 saturated carbocycles. The fraction of sp³-hybridized carbons (Fsp3) is 0.333. The van der Waals surface area contributed by atoms with Gasteiger partial charge in [0.25, 0.3) is 0 Å². The van der Waals surface area contributed by atoms with Crippen LogP contribution < -0.4 is 5.32 Å². The molecule has 0 fully saturated rings. The van der Waals surface area contributed by atoms with Gasteiger partial charge in [-0.1, -0.05) is 12.2 Å². The summed E-state index contributed by atoms with van der Waals surface area (Å²) in [6, 6.07) is 0. The van der Waals surface area contributed by atoms with Crippen LogP contribution in [0.25, 0.3) is 0 Å². The summed E-state index contributed by atoms with van der Waals surface area (Å²) in [6.45, 7) is 6.36. The number of hydrogen-bond acceptors (Lipinski definition) is 1. The van der Waals surface area contributed by atoms with E-state index in [2.05, 4.69) is 11.9 Å². The predicted octanol–water partition coefficient (Wildman–Crippen LogP) is 1.30. The van der Waals surface area contributed by atoms with E-state index < -0.39 is 0 Å². The van der Waals surface area contributed by atoms with E-state index in [9.17, 15) is 0 Å². The molecule has 0 aliphatic rings. The zero-order valence-corrected chi connectivity index (χ0v) is 4.65. The fourth-order valence-electron chi connectivity index (χ4n) is 0.269. The van der Waals surface area contributed by atoms with Crippen LogP contribution in [0.3, 0.4) is 0 Å². The van der Waals surface area contributed by atoms with Crippen molar-refractivity contribution < 1.29 is 0 Å². The molecule has 0 heterocycles. The molecular weight excluding hydrogens is 86.1 g/mol. The smallest absolute Gasteiger partial charge is 0.0322 e. The van der Waals surface area contributed by atoms with Gasteiger partial charge < -0.3 is 5.32 Å². The summed E-state index contributed by atoms with van der Waals surface area (Å²) in [6.07, 6.45) is 5.66. The van der Waals surface area contributed by atoms with E-state index in [1.54, 1.807) is 0 Å². The van der Waals surface area contributed by atoms with Crippen LogP contribution in [-0.2, 0) is 0 Å². The quantitative estimate of drug-likeness (QED) is 0.413. The lowest BCUT2D eigenvalue weighted by Gasteiger charge is -1.87. The molecule has 0 rings (SSSR count). The molecule has 0 aromatic rings. The van der Waals surface area contributed by atoms with Crippen LogP contribution in [0.2, 0.25) is 0 Å². The predicted molar refractivity (Wildman–Crippen MR) is 33.0 cm³/mol. The van der Waals surface area contributed by atoms with Gasteiger partial charge in [-0.3, -0.25) is 0 Å². The van der Waals surface area contributed by atoms with Gasteiger partial charge in [0.15, 0.2) is 0 Å². The molecule has 40 valence electrons. The molecule has 0 aromatic heterocycles. The summed E-state index contributed by atoms with van der Waals surface area (Å²) in [4.78, 5) is 0. The maximum absolute atomic E-state index is 3.54. The van der Waals surface area contributed by atoms with Crippen molar-refractivity contribution in [2.24, 2.45) is 0 Å². The lowest BCUT2D eigenvalue weighted by Crippen LogP contribution is -2.01. The summed E-state index contributed by atoms with van der Waals surface area (Å²) >= 11 is 0. The van der Waals surface area contributed by atoms with Gasteiger partial charge in [0.05, 0.1) is 0 Å². The lowest BCUT2D eigenvalue weighted by molar-refractivity contribution is 0.985. The first-order valence-electron chi connectivity index (χ1n) is 2.37. The minimum absolute atomic E-state index is 0.852. The van der Waals surface area contributed by atoms with E-state index in [0.717, 1.165) is 6.54 Å². The van der Waals surface area contributed by atoms with Gasteiger partial charge in [-0.25, -0.2) is 0 Å². The average molecular weight is 97.2 g/mol. The van der Waals surface area contributed by atoms with Crippen LogP contribution in [0.15, 0.2) is 24.9 Å². The summed E-state index contributed by atoms with van der Waals surface area (Å²) in [7, 11) is 0. The second kappa shape index (κ2) is 5.28. The Morgan fingerprint density at radius 3 is 2.86 bits per heavy atom. The molecule has 7 heavy (non-hydrogen) atoms. The Balaban J connectivity index is 2.82. The van der Waals surface area contributed by atoms with E-state index in [1.165, 1.54) is 0 Å². The van der Waals surface area contributed by atoms with Crippen molar-refractivity contribution in [3.8, 4) is 0 Å². The van der Waals surface area contributed by atoms with Crippen molar-refractivity contribution >= 4 is 0 Å². The van der Waals surface area contributed by atoms with Gasteiger partial charge in [-0.2, -0.15) is 0 Å². The molecule has 0 aromatic carbocycles. The number of rotatable bonds is 3. The minimum atomic E-state index is 0.852. The second-order valence-corrected chi connectivity index (χ2v) is 1.20. The highest BCUT2D eigenvalue weighted by atomic mass is 14.8.